The van der Waals surface area contributed by atoms with Gasteiger partial charge in [0.1, 0.15) is 0 Å². The number of allylic oxidation sites excluding steroid dienone is 1. The van der Waals surface area contributed by atoms with E-state index in [1.807, 2.05) is 12.4 Å². The number of hydrogen-bond donors (Lipinski definition) is 0. The zero-order valence-corrected chi connectivity index (χ0v) is 6.96. The van der Waals surface area contributed by atoms with Crippen LogP contribution < -0.4 is 0 Å². The maximum absolute atomic E-state index is 4.10. The lowest BCUT2D eigenvalue weighted by Crippen LogP contribution is -2.24. The van der Waals surface area contributed by atoms with Gasteiger partial charge >= 0.3 is 0 Å². The Labute approximate surface area is 62.9 Å². The molecule has 0 saturated carbocycles. The second-order valence-corrected chi connectivity index (χ2v) is 3.26. The molecule has 1 nitrogen and oxygen atoms in total. The first kappa shape index (κ1) is 7.52. The molecule has 0 aromatic carbocycles. The van der Waals surface area contributed by atoms with E-state index >= 15 is 0 Å². The molecule has 10 heavy (non-hydrogen) atoms. The van der Waals surface area contributed by atoms with Crippen molar-refractivity contribution in [2.24, 2.45) is 16.3 Å². The minimum absolute atomic E-state index is 0.349. The summed E-state index contributed by atoms with van der Waals surface area (Å²) in [6.07, 6.45) is 7.33. The van der Waals surface area contributed by atoms with Gasteiger partial charge in [0.15, 0.2) is 0 Å². The number of rotatable bonds is 1. The molecule has 1 heterocycles. The summed E-state index contributed by atoms with van der Waals surface area (Å²) in [4.78, 5) is 4.10. The highest BCUT2D eigenvalue weighted by Gasteiger charge is 2.26. The lowest BCUT2D eigenvalue weighted by Gasteiger charge is -2.30. The van der Waals surface area contributed by atoms with Crippen LogP contribution in [0.5, 0.6) is 0 Å². The van der Waals surface area contributed by atoms with E-state index in [4.69, 9.17) is 0 Å². The van der Waals surface area contributed by atoms with Crippen molar-refractivity contribution >= 4 is 6.21 Å². The molecule has 1 aliphatic rings. The molecule has 0 aromatic heterocycles. The molecule has 0 amide bonds. The topological polar surface area (TPSA) is 12.4 Å². The minimum atomic E-state index is 0.349. The van der Waals surface area contributed by atoms with E-state index in [1.54, 1.807) is 0 Å². The summed E-state index contributed by atoms with van der Waals surface area (Å²) in [5.41, 5.74) is 0.349. The van der Waals surface area contributed by atoms with Gasteiger partial charge in [-0.1, -0.05) is 26.8 Å². The predicted octanol–water partition coefficient (Wildman–Crippen LogP) is 2.64. The van der Waals surface area contributed by atoms with Crippen molar-refractivity contribution in [1.29, 1.82) is 0 Å². The maximum Gasteiger partial charge on any atom is 0.0229 e. The van der Waals surface area contributed by atoms with Crippen molar-refractivity contribution in [2.75, 3.05) is 0 Å². The highest BCUT2D eigenvalue weighted by molar-refractivity contribution is 5.64. The zero-order chi connectivity index (χ0) is 7.61. The summed E-state index contributed by atoms with van der Waals surface area (Å²) in [5.74, 6) is 0.586. The molecule has 0 spiro atoms. The van der Waals surface area contributed by atoms with Crippen LogP contribution in [-0.4, -0.2) is 6.21 Å². The van der Waals surface area contributed by atoms with Gasteiger partial charge in [-0.15, -0.1) is 0 Å². The third-order valence-electron chi connectivity index (χ3n) is 2.65. The molecule has 1 heteroatoms. The van der Waals surface area contributed by atoms with Crippen molar-refractivity contribution in [3.63, 3.8) is 0 Å². The van der Waals surface area contributed by atoms with Crippen LogP contribution in [0.4, 0.5) is 0 Å². The Morgan fingerprint density at radius 2 is 2.30 bits per heavy atom. The monoisotopic (exact) mass is 137 g/mol. The smallest absolute Gasteiger partial charge is 0.0229 e. The number of nitrogens with zero attached hydrogens (tertiary/aromatic N) is 1. The van der Waals surface area contributed by atoms with Gasteiger partial charge < -0.3 is 0 Å². The van der Waals surface area contributed by atoms with Crippen molar-refractivity contribution in [3.05, 3.63) is 12.3 Å². The van der Waals surface area contributed by atoms with Crippen LogP contribution >= 0.6 is 0 Å². The van der Waals surface area contributed by atoms with Gasteiger partial charge in [-0.25, -0.2) is 0 Å². The molecule has 1 aliphatic heterocycles. The van der Waals surface area contributed by atoms with Gasteiger partial charge in [-0.2, -0.15) is 0 Å². The Balaban J connectivity index is 2.77. The molecule has 0 N–H and O–H groups in total. The molecule has 2 atom stereocenters. The average molecular weight is 137 g/mol. The molecule has 56 valence electrons. The molecule has 0 fully saturated rings. The second-order valence-electron chi connectivity index (χ2n) is 3.26. The fourth-order valence-electron chi connectivity index (χ4n) is 1.15. The van der Waals surface area contributed by atoms with Crippen LogP contribution in [0, 0.1) is 11.3 Å². The van der Waals surface area contributed by atoms with Gasteiger partial charge in [0.25, 0.3) is 0 Å². The van der Waals surface area contributed by atoms with Crippen molar-refractivity contribution in [3.8, 4) is 0 Å². The fraction of sp³-hybridized carbons (Fsp3) is 0.667. The van der Waals surface area contributed by atoms with E-state index in [0.29, 0.717) is 11.3 Å². The molecule has 0 aromatic rings. The van der Waals surface area contributed by atoms with Crippen LogP contribution in [0.15, 0.2) is 17.3 Å². The number of hydrogen-bond acceptors (Lipinski definition) is 1. The van der Waals surface area contributed by atoms with E-state index < -0.39 is 0 Å². The van der Waals surface area contributed by atoms with E-state index in [-0.39, 0.29) is 0 Å². The van der Waals surface area contributed by atoms with Crippen LogP contribution in [0.25, 0.3) is 0 Å². The first-order valence-electron chi connectivity index (χ1n) is 3.90. The zero-order valence-electron chi connectivity index (χ0n) is 6.96. The van der Waals surface area contributed by atoms with E-state index in [1.165, 1.54) is 6.42 Å². The van der Waals surface area contributed by atoms with Crippen LogP contribution in [0.3, 0.4) is 0 Å². The predicted molar refractivity (Wildman–Crippen MR) is 45.2 cm³/mol. The van der Waals surface area contributed by atoms with Crippen LogP contribution in [-0.2, 0) is 0 Å². The summed E-state index contributed by atoms with van der Waals surface area (Å²) in [6, 6.07) is 0. The highest BCUT2D eigenvalue weighted by Crippen LogP contribution is 2.33. The first-order valence-corrected chi connectivity index (χ1v) is 3.90. The summed E-state index contributed by atoms with van der Waals surface area (Å²) in [6.45, 7) is 6.72. The van der Waals surface area contributed by atoms with Gasteiger partial charge in [0.05, 0.1) is 0 Å². The van der Waals surface area contributed by atoms with E-state index in [2.05, 4.69) is 31.8 Å². The highest BCUT2D eigenvalue weighted by atomic mass is 14.7. The van der Waals surface area contributed by atoms with Gasteiger partial charge in [0.2, 0.25) is 0 Å². The molecule has 0 bridgehead atoms. The molecule has 0 saturated heterocycles. The Morgan fingerprint density at radius 1 is 1.60 bits per heavy atom. The minimum Gasteiger partial charge on any atom is -0.269 e. The Morgan fingerprint density at radius 3 is 2.70 bits per heavy atom. The maximum atomic E-state index is 4.10. The van der Waals surface area contributed by atoms with Crippen molar-refractivity contribution in [2.45, 2.75) is 27.2 Å². The van der Waals surface area contributed by atoms with E-state index in [9.17, 15) is 0 Å². The Bertz CT molecular complexity index is 170. The van der Waals surface area contributed by atoms with Gasteiger partial charge in [-0.3, -0.25) is 4.99 Å². The Kier molecular flexibility index (Phi) is 1.93. The average Bonchev–Trinajstić information content (AvgIpc) is 1.96. The normalized spacial score (nSPS) is 38.5. The second kappa shape index (κ2) is 2.57. The standard InChI is InChI=1S/C9H15N/c1-4-9(3)5-6-10-7-8(9)2/h5-8H,4H2,1-3H3. The summed E-state index contributed by atoms with van der Waals surface area (Å²) < 4.78 is 0. The van der Waals surface area contributed by atoms with Gasteiger partial charge in [0, 0.05) is 18.3 Å². The molecule has 0 radical (unpaired) electrons. The third kappa shape index (κ3) is 1.13. The fourth-order valence-corrected chi connectivity index (χ4v) is 1.15. The van der Waals surface area contributed by atoms with Crippen molar-refractivity contribution in [1.82, 2.24) is 0 Å². The lowest BCUT2D eigenvalue weighted by molar-refractivity contribution is 0.335. The summed E-state index contributed by atoms with van der Waals surface area (Å²) in [7, 11) is 0. The molecular weight excluding hydrogens is 122 g/mol. The summed E-state index contributed by atoms with van der Waals surface area (Å²) >= 11 is 0. The van der Waals surface area contributed by atoms with Gasteiger partial charge in [-0.05, 0) is 11.8 Å². The lowest BCUT2D eigenvalue weighted by atomic mass is 9.76. The van der Waals surface area contributed by atoms with Crippen molar-refractivity contribution < 1.29 is 0 Å². The quantitative estimate of drug-likeness (QED) is 0.527. The molecular formula is C9H15N. The molecule has 0 aliphatic carbocycles. The van der Waals surface area contributed by atoms with E-state index in [0.717, 1.165) is 0 Å². The van der Waals surface area contributed by atoms with Crippen LogP contribution in [0.1, 0.15) is 27.2 Å². The number of aliphatic imine (C=N–C) groups is 1. The molecule has 2 unspecified atom stereocenters. The van der Waals surface area contributed by atoms with Crippen LogP contribution in [0.2, 0.25) is 0 Å². The SMILES string of the molecule is CCC1(C)C=CN=CC1C. The third-order valence-corrected chi connectivity index (χ3v) is 2.65. The summed E-state index contributed by atoms with van der Waals surface area (Å²) in [5, 5.41) is 0. The first-order chi connectivity index (χ1) is 4.69. The Hall–Kier alpha value is -0.590. The molecule has 1 rings (SSSR count). The largest absolute Gasteiger partial charge is 0.269 e.